The molecule has 0 bridgehead atoms. The summed E-state index contributed by atoms with van der Waals surface area (Å²) in [7, 11) is 2.14. The van der Waals surface area contributed by atoms with Crippen molar-refractivity contribution in [2.24, 2.45) is 0 Å². The highest BCUT2D eigenvalue weighted by Crippen LogP contribution is 2.30. The molecule has 0 aromatic carbocycles. The van der Waals surface area contributed by atoms with Crippen molar-refractivity contribution in [3.8, 4) is 0 Å². The molecular formula is C9H14N2OS2. The van der Waals surface area contributed by atoms with Gasteiger partial charge >= 0.3 is 0 Å². The van der Waals surface area contributed by atoms with E-state index >= 15 is 0 Å². The Kier molecular flexibility index (Phi) is 3.43. The Balaban J connectivity index is 2.12. The van der Waals surface area contributed by atoms with E-state index in [9.17, 15) is 0 Å². The Labute approximate surface area is 92.2 Å². The molecule has 1 aromatic rings. The topological polar surface area (TPSA) is 36.4 Å². The quantitative estimate of drug-likeness (QED) is 0.832. The Hall–Kier alpha value is -0.100. The number of nitrogens with zero attached hydrogens (tertiary/aromatic N) is 2. The molecule has 1 aliphatic rings. The van der Waals surface area contributed by atoms with Crippen LogP contribution in [0.3, 0.4) is 0 Å². The Morgan fingerprint density at radius 1 is 1.71 bits per heavy atom. The molecule has 0 spiro atoms. The highest BCUT2D eigenvalue weighted by atomic mass is 32.2. The van der Waals surface area contributed by atoms with Crippen LogP contribution in [0.15, 0.2) is 5.38 Å². The largest absolute Gasteiger partial charge is 0.390 e. The predicted molar refractivity (Wildman–Crippen MR) is 60.7 cm³/mol. The van der Waals surface area contributed by atoms with E-state index in [1.165, 1.54) is 5.75 Å². The van der Waals surface area contributed by atoms with Crippen LogP contribution in [0, 0.1) is 0 Å². The van der Waals surface area contributed by atoms with Crippen LogP contribution in [0.4, 0.5) is 0 Å². The number of aliphatic hydroxyl groups is 1. The number of thioether (sulfide) groups is 1. The molecule has 1 fully saturated rings. The van der Waals surface area contributed by atoms with Crippen LogP contribution >= 0.6 is 23.1 Å². The minimum absolute atomic E-state index is 0.0556. The lowest BCUT2D eigenvalue weighted by atomic mass is 10.3. The molecule has 0 saturated carbocycles. The van der Waals surface area contributed by atoms with E-state index in [-0.39, 0.29) is 6.61 Å². The second-order valence-corrected chi connectivity index (χ2v) is 5.45. The highest BCUT2D eigenvalue weighted by molar-refractivity contribution is 7.99. The summed E-state index contributed by atoms with van der Waals surface area (Å²) in [6, 6.07) is 0.444. The van der Waals surface area contributed by atoms with Gasteiger partial charge in [0.05, 0.1) is 18.3 Å². The normalized spacial score (nSPS) is 24.0. The van der Waals surface area contributed by atoms with E-state index in [1.54, 1.807) is 11.3 Å². The Morgan fingerprint density at radius 3 is 3.21 bits per heavy atom. The monoisotopic (exact) mass is 230 g/mol. The molecule has 5 heteroatoms. The third kappa shape index (κ3) is 2.11. The predicted octanol–water partition coefficient (Wildman–Crippen LogP) is 1.36. The maximum absolute atomic E-state index is 8.94. The minimum Gasteiger partial charge on any atom is -0.390 e. The minimum atomic E-state index is 0.0556. The molecule has 2 rings (SSSR count). The number of aromatic nitrogens is 1. The van der Waals surface area contributed by atoms with Gasteiger partial charge in [-0.05, 0) is 7.05 Å². The molecule has 0 amide bonds. The van der Waals surface area contributed by atoms with Gasteiger partial charge in [0, 0.05) is 23.4 Å². The van der Waals surface area contributed by atoms with Gasteiger partial charge in [-0.25, -0.2) is 4.98 Å². The number of aliphatic hydroxyl groups excluding tert-OH is 1. The van der Waals surface area contributed by atoms with E-state index in [1.807, 2.05) is 17.1 Å². The third-order valence-corrected chi connectivity index (χ3v) is 4.43. The summed E-state index contributed by atoms with van der Waals surface area (Å²) in [5, 5.41) is 12.0. The summed E-state index contributed by atoms with van der Waals surface area (Å²) in [6.45, 7) is 1.18. The molecule has 0 aliphatic carbocycles. The summed E-state index contributed by atoms with van der Waals surface area (Å²) in [5.74, 6) is 2.33. The molecule has 2 heterocycles. The van der Waals surface area contributed by atoms with Gasteiger partial charge in [-0.15, -0.1) is 11.3 Å². The Bertz CT molecular complexity index is 303. The van der Waals surface area contributed by atoms with Gasteiger partial charge in [-0.2, -0.15) is 11.8 Å². The van der Waals surface area contributed by atoms with Crippen molar-refractivity contribution in [2.45, 2.75) is 12.6 Å². The fourth-order valence-electron chi connectivity index (χ4n) is 1.49. The molecule has 1 unspecified atom stereocenters. The van der Waals surface area contributed by atoms with Crippen LogP contribution < -0.4 is 0 Å². The van der Waals surface area contributed by atoms with E-state index in [4.69, 9.17) is 5.11 Å². The van der Waals surface area contributed by atoms with E-state index < -0.39 is 0 Å². The maximum atomic E-state index is 8.94. The average molecular weight is 230 g/mol. The van der Waals surface area contributed by atoms with Crippen LogP contribution in [-0.2, 0) is 6.61 Å². The smallest absolute Gasteiger partial charge is 0.111 e. The van der Waals surface area contributed by atoms with Gasteiger partial charge in [0.2, 0.25) is 0 Å². The second kappa shape index (κ2) is 4.61. The van der Waals surface area contributed by atoms with Crippen molar-refractivity contribution in [2.75, 3.05) is 25.1 Å². The second-order valence-electron chi connectivity index (χ2n) is 3.41. The zero-order valence-corrected chi connectivity index (χ0v) is 9.77. The van der Waals surface area contributed by atoms with Crippen LogP contribution in [0.2, 0.25) is 0 Å². The van der Waals surface area contributed by atoms with Gasteiger partial charge < -0.3 is 5.11 Å². The molecule has 1 aromatic heterocycles. The fraction of sp³-hybridized carbons (Fsp3) is 0.667. The first-order chi connectivity index (χ1) is 6.81. The molecule has 0 radical (unpaired) electrons. The lowest BCUT2D eigenvalue weighted by Crippen LogP contribution is -2.32. The van der Waals surface area contributed by atoms with Gasteiger partial charge in [0.25, 0.3) is 0 Å². The number of thiazole rings is 1. The SMILES string of the molecule is CN1CCSCC1c1nc(CO)cs1. The van der Waals surface area contributed by atoms with Gasteiger partial charge in [0.1, 0.15) is 5.01 Å². The van der Waals surface area contributed by atoms with Crippen molar-refractivity contribution in [1.82, 2.24) is 9.88 Å². The van der Waals surface area contributed by atoms with Gasteiger partial charge in [-0.3, -0.25) is 4.90 Å². The molecular weight excluding hydrogens is 216 g/mol. The van der Waals surface area contributed by atoms with Crippen molar-refractivity contribution < 1.29 is 5.11 Å². The summed E-state index contributed by atoms with van der Waals surface area (Å²) in [5.41, 5.74) is 0.800. The van der Waals surface area contributed by atoms with E-state index in [0.29, 0.717) is 6.04 Å². The zero-order valence-electron chi connectivity index (χ0n) is 8.14. The summed E-state index contributed by atoms with van der Waals surface area (Å²) in [6.07, 6.45) is 0. The van der Waals surface area contributed by atoms with Crippen LogP contribution in [0.5, 0.6) is 0 Å². The molecule has 1 atom stereocenters. The van der Waals surface area contributed by atoms with Gasteiger partial charge in [-0.1, -0.05) is 0 Å². The molecule has 1 aliphatic heterocycles. The van der Waals surface area contributed by atoms with Crippen LogP contribution in [0.1, 0.15) is 16.7 Å². The summed E-state index contributed by atoms with van der Waals surface area (Å²) < 4.78 is 0. The first kappa shape index (κ1) is 10.4. The zero-order chi connectivity index (χ0) is 9.97. The van der Waals surface area contributed by atoms with Crippen molar-refractivity contribution in [1.29, 1.82) is 0 Å². The third-order valence-electron chi connectivity index (χ3n) is 2.41. The van der Waals surface area contributed by atoms with Crippen molar-refractivity contribution >= 4 is 23.1 Å². The average Bonchev–Trinajstić information content (AvgIpc) is 2.67. The summed E-state index contributed by atoms with van der Waals surface area (Å²) >= 11 is 3.64. The van der Waals surface area contributed by atoms with Crippen molar-refractivity contribution in [3.63, 3.8) is 0 Å². The standard InChI is InChI=1S/C9H14N2OS2/c1-11-2-3-13-6-8(11)9-10-7(4-12)5-14-9/h5,8,12H,2-4,6H2,1H3. The first-order valence-electron chi connectivity index (χ1n) is 4.64. The van der Waals surface area contributed by atoms with Gasteiger partial charge in [0.15, 0.2) is 0 Å². The fourth-order valence-corrected chi connectivity index (χ4v) is 3.79. The maximum Gasteiger partial charge on any atom is 0.111 e. The molecule has 14 heavy (non-hydrogen) atoms. The molecule has 78 valence electrons. The number of hydrogen-bond acceptors (Lipinski definition) is 5. The number of hydrogen-bond donors (Lipinski definition) is 1. The molecule has 3 nitrogen and oxygen atoms in total. The lowest BCUT2D eigenvalue weighted by molar-refractivity contribution is 0.266. The number of rotatable bonds is 2. The van der Waals surface area contributed by atoms with E-state index in [0.717, 1.165) is 23.0 Å². The van der Waals surface area contributed by atoms with Crippen LogP contribution in [0.25, 0.3) is 0 Å². The molecule has 1 saturated heterocycles. The highest BCUT2D eigenvalue weighted by Gasteiger charge is 2.23. The Morgan fingerprint density at radius 2 is 2.57 bits per heavy atom. The van der Waals surface area contributed by atoms with Crippen LogP contribution in [-0.4, -0.2) is 40.1 Å². The summed E-state index contributed by atoms with van der Waals surface area (Å²) in [4.78, 5) is 6.76. The molecule has 1 N–H and O–H groups in total. The van der Waals surface area contributed by atoms with E-state index in [2.05, 4.69) is 16.9 Å². The lowest BCUT2D eigenvalue weighted by Gasteiger charge is -2.30. The first-order valence-corrected chi connectivity index (χ1v) is 6.68. The van der Waals surface area contributed by atoms with Crippen molar-refractivity contribution in [3.05, 3.63) is 16.1 Å².